The Bertz CT molecular complexity index is 947. The van der Waals surface area contributed by atoms with Crippen LogP contribution in [0.3, 0.4) is 0 Å². The van der Waals surface area contributed by atoms with Crippen LogP contribution in [0.15, 0.2) is 66.9 Å². The first-order valence-electron chi connectivity index (χ1n) is 11.4. The minimum Gasteiger partial charge on any atom is -0.370 e. The van der Waals surface area contributed by atoms with Crippen molar-refractivity contribution >= 4 is 0 Å². The molecule has 0 amide bonds. The topological polar surface area (TPSA) is 23.0 Å². The van der Waals surface area contributed by atoms with E-state index in [0.29, 0.717) is 6.54 Å². The van der Waals surface area contributed by atoms with Gasteiger partial charge in [0.25, 0.3) is 0 Å². The van der Waals surface area contributed by atoms with Gasteiger partial charge in [0.15, 0.2) is 0 Å². The molecule has 1 atom stereocenters. The van der Waals surface area contributed by atoms with E-state index in [-0.39, 0.29) is 5.82 Å². The number of nitrogens with zero attached hydrogens (tertiary/aromatic N) is 1. The van der Waals surface area contributed by atoms with Gasteiger partial charge in [-0.2, -0.15) is 0 Å². The molecule has 31 heavy (non-hydrogen) atoms. The number of aryl methyl sites for hydroxylation is 1. The minimum absolute atomic E-state index is 0.137. The molecular formula is C26H34FN3O+2. The summed E-state index contributed by atoms with van der Waals surface area (Å²) >= 11 is 0. The zero-order valence-electron chi connectivity index (χ0n) is 18.4. The zero-order valence-corrected chi connectivity index (χ0v) is 18.4. The molecule has 1 fully saturated rings. The highest BCUT2D eigenvalue weighted by molar-refractivity contribution is 5.21. The molecule has 5 heteroatoms. The van der Waals surface area contributed by atoms with Crippen molar-refractivity contribution in [1.29, 1.82) is 0 Å². The average molecular weight is 424 g/mol. The molecule has 2 N–H and O–H groups in total. The van der Waals surface area contributed by atoms with E-state index in [0.717, 1.165) is 58.0 Å². The summed E-state index contributed by atoms with van der Waals surface area (Å²) in [5.74, 6) is -0.137. The lowest BCUT2D eigenvalue weighted by molar-refractivity contribution is -0.975. The van der Waals surface area contributed by atoms with E-state index in [9.17, 15) is 4.39 Å². The highest BCUT2D eigenvalue weighted by atomic mass is 19.1. The predicted molar refractivity (Wildman–Crippen MR) is 121 cm³/mol. The third-order valence-electron chi connectivity index (χ3n) is 6.26. The van der Waals surface area contributed by atoms with Gasteiger partial charge in [0, 0.05) is 17.3 Å². The van der Waals surface area contributed by atoms with Crippen molar-refractivity contribution in [1.82, 2.24) is 4.57 Å². The molecule has 3 aromatic rings. The molecule has 1 aliphatic rings. The van der Waals surface area contributed by atoms with E-state index in [4.69, 9.17) is 4.74 Å². The number of morpholine rings is 1. The third-order valence-corrected chi connectivity index (χ3v) is 6.26. The molecule has 0 radical (unpaired) electrons. The molecule has 0 saturated carbocycles. The van der Waals surface area contributed by atoms with Crippen molar-refractivity contribution in [2.45, 2.75) is 26.6 Å². The number of nitrogens with one attached hydrogen (secondary N) is 2. The lowest BCUT2D eigenvalue weighted by Gasteiger charge is -2.26. The van der Waals surface area contributed by atoms with Gasteiger partial charge in [-0.05, 0) is 25.1 Å². The highest BCUT2D eigenvalue weighted by Crippen LogP contribution is 2.11. The van der Waals surface area contributed by atoms with Crippen molar-refractivity contribution in [3.05, 3.63) is 95.1 Å². The Morgan fingerprint density at radius 1 is 0.968 bits per heavy atom. The number of hydrogen-bond acceptors (Lipinski definition) is 1. The maximum Gasteiger partial charge on any atom is 0.128 e. The summed E-state index contributed by atoms with van der Waals surface area (Å²) in [5, 5.41) is 0. The van der Waals surface area contributed by atoms with Gasteiger partial charge < -0.3 is 19.1 Å². The SMILES string of the molecule is Cc1ccc(C[NH+](CC[NH+]2CCOCC2)Cc2cccn2Cc2ccccc2F)cc1. The summed E-state index contributed by atoms with van der Waals surface area (Å²) in [5.41, 5.74) is 4.65. The average Bonchev–Trinajstić information content (AvgIpc) is 3.22. The summed E-state index contributed by atoms with van der Waals surface area (Å²) in [4.78, 5) is 3.17. The Morgan fingerprint density at radius 2 is 1.74 bits per heavy atom. The maximum absolute atomic E-state index is 14.2. The molecule has 1 unspecified atom stereocenters. The van der Waals surface area contributed by atoms with E-state index >= 15 is 0 Å². The van der Waals surface area contributed by atoms with Gasteiger partial charge in [0.1, 0.15) is 45.1 Å². The summed E-state index contributed by atoms with van der Waals surface area (Å²) < 4.78 is 21.9. The molecule has 2 heterocycles. The van der Waals surface area contributed by atoms with Gasteiger partial charge >= 0.3 is 0 Å². The van der Waals surface area contributed by atoms with E-state index in [1.54, 1.807) is 17.0 Å². The van der Waals surface area contributed by atoms with Crippen molar-refractivity contribution in [3.63, 3.8) is 0 Å². The van der Waals surface area contributed by atoms with E-state index in [2.05, 4.69) is 54.1 Å². The first kappa shape index (κ1) is 21.8. The monoisotopic (exact) mass is 423 g/mol. The molecule has 0 bridgehead atoms. The molecule has 1 aliphatic heterocycles. The Balaban J connectivity index is 1.46. The van der Waals surface area contributed by atoms with Crippen molar-refractivity contribution in [2.75, 3.05) is 39.4 Å². The molecule has 164 valence electrons. The standard InChI is InChI=1S/C26H32FN3O/c1-22-8-10-23(11-9-22)19-29(14-13-28-15-17-31-18-16-28)21-25-6-4-12-30(25)20-24-5-2-3-7-26(24)27/h2-12H,13-21H2,1H3/p+2. The molecule has 4 nitrogen and oxygen atoms in total. The lowest BCUT2D eigenvalue weighted by atomic mass is 10.1. The highest BCUT2D eigenvalue weighted by Gasteiger charge is 2.19. The van der Waals surface area contributed by atoms with Crippen molar-refractivity contribution < 1.29 is 18.9 Å². The van der Waals surface area contributed by atoms with Crippen LogP contribution in [0.4, 0.5) is 4.39 Å². The Morgan fingerprint density at radius 3 is 2.52 bits per heavy atom. The van der Waals surface area contributed by atoms with Crippen LogP contribution in [-0.2, 0) is 24.4 Å². The second-order valence-electron chi connectivity index (χ2n) is 8.67. The number of hydrogen-bond donors (Lipinski definition) is 2. The second-order valence-corrected chi connectivity index (χ2v) is 8.67. The van der Waals surface area contributed by atoms with Crippen LogP contribution in [0.5, 0.6) is 0 Å². The first-order valence-corrected chi connectivity index (χ1v) is 11.4. The molecule has 1 aromatic heterocycles. The van der Waals surface area contributed by atoms with E-state index in [1.807, 2.05) is 12.1 Å². The summed E-state index contributed by atoms with van der Waals surface area (Å²) in [7, 11) is 0. The normalized spacial score (nSPS) is 15.8. The zero-order chi connectivity index (χ0) is 21.5. The smallest absolute Gasteiger partial charge is 0.128 e. The van der Waals surface area contributed by atoms with Crippen LogP contribution in [0, 0.1) is 12.7 Å². The summed E-state index contributed by atoms with van der Waals surface area (Å²) in [6, 6.07) is 20.2. The number of benzene rings is 2. The number of ether oxygens (including phenoxy) is 1. The Labute approximate surface area is 184 Å². The van der Waals surface area contributed by atoms with Crippen LogP contribution >= 0.6 is 0 Å². The molecule has 0 spiro atoms. The van der Waals surface area contributed by atoms with Crippen LogP contribution in [0.1, 0.15) is 22.4 Å². The summed E-state index contributed by atoms with van der Waals surface area (Å²) in [6.07, 6.45) is 2.07. The number of quaternary nitrogens is 2. The third kappa shape index (κ3) is 6.26. The molecule has 2 aromatic carbocycles. The largest absolute Gasteiger partial charge is 0.370 e. The number of halogens is 1. The van der Waals surface area contributed by atoms with Crippen LogP contribution < -0.4 is 9.80 Å². The van der Waals surface area contributed by atoms with Crippen LogP contribution in [-0.4, -0.2) is 44.0 Å². The fraction of sp³-hybridized carbons (Fsp3) is 0.385. The number of aromatic nitrogens is 1. The van der Waals surface area contributed by atoms with Gasteiger partial charge in [0.2, 0.25) is 0 Å². The van der Waals surface area contributed by atoms with Crippen LogP contribution in [0.25, 0.3) is 0 Å². The lowest BCUT2D eigenvalue weighted by Crippen LogP contribution is -3.20. The van der Waals surface area contributed by atoms with Gasteiger partial charge in [-0.3, -0.25) is 0 Å². The Hall–Kier alpha value is -2.47. The van der Waals surface area contributed by atoms with E-state index < -0.39 is 0 Å². The minimum atomic E-state index is -0.137. The van der Waals surface area contributed by atoms with Gasteiger partial charge in [-0.25, -0.2) is 4.39 Å². The van der Waals surface area contributed by atoms with Gasteiger partial charge in [0.05, 0.1) is 25.5 Å². The first-order chi connectivity index (χ1) is 15.2. The van der Waals surface area contributed by atoms with Gasteiger partial charge in [-0.1, -0.05) is 48.0 Å². The summed E-state index contributed by atoms with van der Waals surface area (Å²) in [6.45, 7) is 10.8. The molecule has 4 rings (SSSR count). The maximum atomic E-state index is 14.2. The predicted octanol–water partition coefficient (Wildman–Crippen LogP) is 1.48. The quantitative estimate of drug-likeness (QED) is 0.535. The molecule has 1 saturated heterocycles. The second kappa shape index (κ2) is 10.7. The van der Waals surface area contributed by atoms with Crippen molar-refractivity contribution in [2.24, 2.45) is 0 Å². The molecular weight excluding hydrogens is 389 g/mol. The van der Waals surface area contributed by atoms with Crippen LogP contribution in [0.2, 0.25) is 0 Å². The number of rotatable bonds is 9. The molecule has 0 aliphatic carbocycles. The van der Waals surface area contributed by atoms with Gasteiger partial charge in [-0.15, -0.1) is 0 Å². The fourth-order valence-electron chi connectivity index (χ4n) is 4.33. The van der Waals surface area contributed by atoms with E-state index in [1.165, 1.54) is 21.7 Å². The Kier molecular flexibility index (Phi) is 7.52. The fourth-order valence-corrected chi connectivity index (χ4v) is 4.33. The van der Waals surface area contributed by atoms with Crippen molar-refractivity contribution in [3.8, 4) is 0 Å².